The minimum absolute atomic E-state index is 0.00926. The minimum Gasteiger partial charge on any atom is -0.494 e. The second-order valence-corrected chi connectivity index (χ2v) is 9.47. The van der Waals surface area contributed by atoms with Crippen LogP contribution in [0.4, 0.5) is 11.4 Å². The van der Waals surface area contributed by atoms with E-state index in [1.807, 2.05) is 31.2 Å². The van der Waals surface area contributed by atoms with Gasteiger partial charge in [-0.2, -0.15) is 0 Å². The molecular formula is C29H30N4O4S. The minimum atomic E-state index is -1.05. The van der Waals surface area contributed by atoms with E-state index in [2.05, 4.69) is 24.6 Å². The maximum absolute atomic E-state index is 13.4. The second-order valence-electron chi connectivity index (χ2n) is 9.10. The summed E-state index contributed by atoms with van der Waals surface area (Å²) in [5, 5.41) is 4.14. The lowest BCUT2D eigenvalue weighted by atomic mass is 10.0. The van der Waals surface area contributed by atoms with Gasteiger partial charge in [-0.3, -0.25) is 24.7 Å². The molecule has 0 spiro atoms. The third-order valence-electron chi connectivity index (χ3n) is 6.14. The van der Waals surface area contributed by atoms with Crippen LogP contribution in [0, 0.1) is 0 Å². The van der Waals surface area contributed by atoms with Gasteiger partial charge in [-0.25, -0.2) is 5.01 Å². The van der Waals surface area contributed by atoms with E-state index in [0.29, 0.717) is 35.2 Å². The van der Waals surface area contributed by atoms with Gasteiger partial charge in [0.1, 0.15) is 11.8 Å². The summed E-state index contributed by atoms with van der Waals surface area (Å²) in [6, 6.07) is 22.0. The van der Waals surface area contributed by atoms with Crippen LogP contribution < -0.4 is 20.4 Å². The first-order chi connectivity index (χ1) is 18.3. The number of amides is 3. The Morgan fingerprint density at radius 3 is 2.26 bits per heavy atom. The Bertz CT molecular complexity index is 1310. The molecule has 8 nitrogen and oxygen atoms in total. The fourth-order valence-electron chi connectivity index (χ4n) is 4.08. The van der Waals surface area contributed by atoms with Crippen LogP contribution in [0.2, 0.25) is 0 Å². The van der Waals surface area contributed by atoms with Crippen LogP contribution in [0.3, 0.4) is 0 Å². The average Bonchev–Trinajstić information content (AvgIpc) is 2.92. The predicted molar refractivity (Wildman–Crippen MR) is 151 cm³/mol. The van der Waals surface area contributed by atoms with Gasteiger partial charge >= 0.3 is 0 Å². The summed E-state index contributed by atoms with van der Waals surface area (Å²) in [7, 11) is 0. The van der Waals surface area contributed by atoms with Crippen LogP contribution in [0.1, 0.15) is 49.0 Å². The Kier molecular flexibility index (Phi) is 8.38. The number of ether oxygens (including phenoxy) is 1. The molecule has 3 amide bonds. The van der Waals surface area contributed by atoms with Crippen LogP contribution in [0.25, 0.3) is 0 Å². The first-order valence-corrected chi connectivity index (χ1v) is 12.8. The van der Waals surface area contributed by atoms with Crippen LogP contribution in [-0.2, 0) is 9.59 Å². The highest BCUT2D eigenvalue weighted by Gasteiger charge is 2.42. The molecule has 0 radical (unpaired) electrons. The van der Waals surface area contributed by atoms with Crippen molar-refractivity contribution in [2.75, 3.05) is 16.8 Å². The third-order valence-corrected chi connectivity index (χ3v) is 6.52. The molecule has 1 fully saturated rings. The number of carbonyl (C=O) groups is 3. The number of rotatable bonds is 8. The molecule has 0 saturated carbocycles. The van der Waals surface area contributed by atoms with Gasteiger partial charge in [0, 0.05) is 11.3 Å². The Hall–Kier alpha value is -4.24. The smallest absolute Gasteiger partial charge is 0.269 e. The Morgan fingerprint density at radius 2 is 1.66 bits per heavy atom. The SMILES string of the molecule is CCOc1ccc(N2C(=O)C[C@@H](C(=O)Nc3ccc(C(C)C)cc3)N(NC(=O)c3ccccc3)C2=S)cc1. The number of hydrazine groups is 1. The zero-order valence-corrected chi connectivity index (χ0v) is 22.3. The summed E-state index contributed by atoms with van der Waals surface area (Å²) in [5.41, 5.74) is 5.37. The molecule has 3 aromatic carbocycles. The number of anilines is 2. The molecule has 0 bridgehead atoms. The van der Waals surface area contributed by atoms with E-state index >= 15 is 0 Å². The number of hydrogen-bond donors (Lipinski definition) is 2. The molecule has 9 heteroatoms. The highest BCUT2D eigenvalue weighted by molar-refractivity contribution is 7.80. The number of nitrogens with one attached hydrogen (secondary N) is 2. The quantitative estimate of drug-likeness (QED) is 0.403. The number of hydrogen-bond acceptors (Lipinski definition) is 5. The molecule has 4 rings (SSSR count). The molecule has 0 unspecified atom stereocenters. The maximum Gasteiger partial charge on any atom is 0.269 e. The van der Waals surface area contributed by atoms with Gasteiger partial charge < -0.3 is 10.1 Å². The summed E-state index contributed by atoms with van der Waals surface area (Å²) in [5.74, 6) is -0.266. The molecule has 1 heterocycles. The van der Waals surface area contributed by atoms with Crippen molar-refractivity contribution in [3.8, 4) is 5.75 Å². The zero-order valence-electron chi connectivity index (χ0n) is 21.5. The molecule has 38 heavy (non-hydrogen) atoms. The van der Waals surface area contributed by atoms with Crippen LogP contribution in [0.15, 0.2) is 78.9 Å². The highest BCUT2D eigenvalue weighted by atomic mass is 32.1. The maximum atomic E-state index is 13.4. The van der Waals surface area contributed by atoms with E-state index in [1.54, 1.807) is 54.6 Å². The van der Waals surface area contributed by atoms with E-state index < -0.39 is 17.9 Å². The largest absolute Gasteiger partial charge is 0.494 e. The van der Waals surface area contributed by atoms with Crippen molar-refractivity contribution in [2.24, 2.45) is 0 Å². The summed E-state index contributed by atoms with van der Waals surface area (Å²) < 4.78 is 5.49. The summed E-state index contributed by atoms with van der Waals surface area (Å²) in [6.45, 7) is 6.57. The number of benzene rings is 3. The van der Waals surface area contributed by atoms with Crippen molar-refractivity contribution < 1.29 is 19.1 Å². The fraction of sp³-hybridized carbons (Fsp3) is 0.241. The van der Waals surface area contributed by atoms with E-state index in [-0.39, 0.29) is 17.4 Å². The average molecular weight is 531 g/mol. The summed E-state index contributed by atoms with van der Waals surface area (Å²) in [4.78, 5) is 41.1. The van der Waals surface area contributed by atoms with Gasteiger partial charge in [0.25, 0.3) is 5.91 Å². The van der Waals surface area contributed by atoms with E-state index in [9.17, 15) is 14.4 Å². The zero-order chi connectivity index (χ0) is 27.2. The molecule has 1 aliphatic rings. The number of nitrogens with zero attached hydrogens (tertiary/aromatic N) is 2. The topological polar surface area (TPSA) is 91.0 Å². The molecule has 0 aliphatic carbocycles. The number of carbonyl (C=O) groups excluding carboxylic acids is 3. The van der Waals surface area contributed by atoms with Crippen molar-refractivity contribution in [1.29, 1.82) is 0 Å². The van der Waals surface area contributed by atoms with Crippen molar-refractivity contribution in [2.45, 2.75) is 39.2 Å². The second kappa shape index (κ2) is 11.9. The summed E-state index contributed by atoms with van der Waals surface area (Å²) in [6.07, 6.45) is -0.196. The van der Waals surface area contributed by atoms with Gasteiger partial charge in [-0.15, -0.1) is 0 Å². The normalized spacial score (nSPS) is 15.4. The molecule has 1 aliphatic heterocycles. The van der Waals surface area contributed by atoms with E-state index in [0.717, 1.165) is 5.56 Å². The molecule has 2 N–H and O–H groups in total. The predicted octanol–water partition coefficient (Wildman–Crippen LogP) is 4.88. The molecule has 3 aromatic rings. The number of thiocarbonyl (C=S) groups is 1. The fourth-order valence-corrected chi connectivity index (χ4v) is 4.46. The van der Waals surface area contributed by atoms with Gasteiger partial charge in [0.15, 0.2) is 0 Å². The highest BCUT2D eigenvalue weighted by Crippen LogP contribution is 2.27. The Morgan fingerprint density at radius 1 is 1.00 bits per heavy atom. The standard InChI is InChI=1S/C29H30N4O4S/c1-4-37-24-16-14-23(15-17-24)32-26(34)18-25(28(36)30-22-12-10-20(11-13-22)19(2)3)33(29(32)38)31-27(35)21-8-6-5-7-9-21/h5-17,19,25H,4,18H2,1-3H3,(H,30,36)(H,31,35)/t25-/m0/s1. The van der Waals surface area contributed by atoms with E-state index in [4.69, 9.17) is 17.0 Å². The van der Waals surface area contributed by atoms with Crippen molar-refractivity contribution in [3.05, 3.63) is 90.0 Å². The molecular weight excluding hydrogens is 500 g/mol. The van der Waals surface area contributed by atoms with Gasteiger partial charge in [-0.05, 0) is 79.2 Å². The first kappa shape index (κ1) is 26.8. The Balaban J connectivity index is 1.61. The van der Waals surface area contributed by atoms with Crippen molar-refractivity contribution >= 4 is 46.4 Å². The molecule has 196 valence electrons. The van der Waals surface area contributed by atoms with Crippen molar-refractivity contribution in [1.82, 2.24) is 10.4 Å². The Labute approximate surface area is 227 Å². The van der Waals surface area contributed by atoms with Crippen molar-refractivity contribution in [3.63, 3.8) is 0 Å². The lowest BCUT2D eigenvalue weighted by Crippen LogP contribution is -2.65. The molecule has 1 saturated heterocycles. The molecule has 1 atom stereocenters. The van der Waals surface area contributed by atoms with Crippen LogP contribution >= 0.6 is 12.2 Å². The van der Waals surface area contributed by atoms with Gasteiger partial charge in [0.2, 0.25) is 16.9 Å². The van der Waals surface area contributed by atoms with Gasteiger partial charge in [-0.1, -0.05) is 44.2 Å². The monoisotopic (exact) mass is 530 g/mol. The van der Waals surface area contributed by atoms with Crippen LogP contribution in [0.5, 0.6) is 5.75 Å². The first-order valence-electron chi connectivity index (χ1n) is 12.4. The summed E-state index contributed by atoms with van der Waals surface area (Å²) >= 11 is 5.67. The lowest BCUT2D eigenvalue weighted by molar-refractivity contribution is -0.127. The lowest BCUT2D eigenvalue weighted by Gasteiger charge is -2.41. The third kappa shape index (κ3) is 6.00. The van der Waals surface area contributed by atoms with Gasteiger partial charge in [0.05, 0.1) is 18.7 Å². The van der Waals surface area contributed by atoms with Crippen LogP contribution in [-0.4, -0.2) is 40.5 Å². The molecule has 0 aromatic heterocycles. The van der Waals surface area contributed by atoms with E-state index in [1.165, 1.54) is 9.91 Å².